The van der Waals surface area contributed by atoms with Crippen LogP contribution in [-0.4, -0.2) is 5.91 Å². The zero-order chi connectivity index (χ0) is 15.0. The number of carbonyl (C=O) groups excluding carboxylic acids is 1. The summed E-state index contributed by atoms with van der Waals surface area (Å²) in [5.74, 6) is -0.796. The average molecular weight is 369 g/mol. The van der Waals surface area contributed by atoms with Gasteiger partial charge in [0.25, 0.3) is 5.91 Å². The predicted octanol–water partition coefficient (Wildman–Crippen LogP) is 3.65. The van der Waals surface area contributed by atoms with E-state index in [1.165, 1.54) is 29.0 Å². The Labute approximate surface area is 134 Å². The Kier molecular flexibility index (Phi) is 3.99. The lowest BCUT2D eigenvalue weighted by atomic mass is 10.2. The Morgan fingerprint density at radius 3 is 2.95 bits per heavy atom. The van der Waals surface area contributed by atoms with Crippen molar-refractivity contribution >= 4 is 38.9 Å². The van der Waals surface area contributed by atoms with E-state index in [1.54, 1.807) is 11.3 Å². The van der Waals surface area contributed by atoms with Gasteiger partial charge in [0.05, 0.1) is 17.8 Å². The molecular weight excluding hydrogens is 355 g/mol. The first-order valence-electron chi connectivity index (χ1n) is 6.68. The number of nitrogens with two attached hydrogens (primary N) is 1. The molecule has 0 saturated carbocycles. The van der Waals surface area contributed by atoms with Crippen LogP contribution in [0, 0.1) is 5.82 Å². The molecule has 0 saturated heterocycles. The Morgan fingerprint density at radius 2 is 2.19 bits per heavy atom. The summed E-state index contributed by atoms with van der Waals surface area (Å²) in [4.78, 5) is 14.8. The minimum Gasteiger partial charge on any atom is -0.396 e. The summed E-state index contributed by atoms with van der Waals surface area (Å²) in [6.07, 6.45) is 3.52. The Hall–Kier alpha value is -1.40. The van der Waals surface area contributed by atoms with Crippen molar-refractivity contribution in [3.05, 3.63) is 49.4 Å². The quantitative estimate of drug-likeness (QED) is 0.812. The van der Waals surface area contributed by atoms with Crippen molar-refractivity contribution in [1.82, 2.24) is 5.32 Å². The number of thiophene rings is 1. The second kappa shape index (κ2) is 5.77. The minimum atomic E-state index is -0.534. The zero-order valence-electron chi connectivity index (χ0n) is 11.2. The number of benzene rings is 1. The molecule has 3 rings (SSSR count). The molecule has 0 unspecified atom stereocenters. The van der Waals surface area contributed by atoms with E-state index in [1.807, 2.05) is 0 Å². The highest BCUT2D eigenvalue weighted by molar-refractivity contribution is 9.10. The van der Waals surface area contributed by atoms with Crippen LogP contribution in [0.25, 0.3) is 0 Å². The van der Waals surface area contributed by atoms with E-state index >= 15 is 0 Å². The second-order valence-electron chi connectivity index (χ2n) is 5.05. The molecule has 3 nitrogen and oxygen atoms in total. The molecule has 1 heterocycles. The first-order valence-corrected chi connectivity index (χ1v) is 8.28. The molecule has 110 valence electrons. The summed E-state index contributed by atoms with van der Waals surface area (Å²) in [5.41, 5.74) is 7.24. The molecule has 0 atom stereocenters. The third-order valence-electron chi connectivity index (χ3n) is 3.55. The maximum atomic E-state index is 13.3. The maximum absolute atomic E-state index is 13.3. The highest BCUT2D eigenvalue weighted by atomic mass is 79.9. The van der Waals surface area contributed by atoms with Crippen LogP contribution < -0.4 is 11.1 Å². The summed E-state index contributed by atoms with van der Waals surface area (Å²) < 4.78 is 13.7. The summed E-state index contributed by atoms with van der Waals surface area (Å²) >= 11 is 4.95. The zero-order valence-corrected chi connectivity index (χ0v) is 13.6. The fourth-order valence-electron chi connectivity index (χ4n) is 2.48. The average Bonchev–Trinajstić information content (AvgIpc) is 3.01. The SMILES string of the molecule is Nc1cc(C(=O)NCc2cc3c(s2)CCC3)c(Br)cc1F. The third kappa shape index (κ3) is 2.96. The topological polar surface area (TPSA) is 55.1 Å². The highest BCUT2D eigenvalue weighted by Crippen LogP contribution is 2.30. The van der Waals surface area contributed by atoms with Gasteiger partial charge in [0.15, 0.2) is 0 Å². The lowest BCUT2D eigenvalue weighted by molar-refractivity contribution is 0.0950. The molecular formula is C15H14BrFN2OS. The standard InChI is InChI=1S/C15H14BrFN2OS/c16-11-6-12(17)13(18)5-10(11)15(20)19-7-9-4-8-2-1-3-14(8)21-9/h4-6H,1-3,7,18H2,(H,19,20). The smallest absolute Gasteiger partial charge is 0.252 e. The molecule has 0 fully saturated rings. The number of fused-ring (bicyclic) bond motifs is 1. The molecule has 3 N–H and O–H groups in total. The first-order chi connectivity index (χ1) is 10.0. The van der Waals surface area contributed by atoms with Gasteiger partial charge in [-0.2, -0.15) is 0 Å². The van der Waals surface area contributed by atoms with Crippen LogP contribution in [0.2, 0.25) is 0 Å². The number of aryl methyl sites for hydroxylation is 2. The summed E-state index contributed by atoms with van der Waals surface area (Å²) in [7, 11) is 0. The highest BCUT2D eigenvalue weighted by Gasteiger charge is 2.16. The van der Waals surface area contributed by atoms with E-state index in [0.717, 1.165) is 17.7 Å². The number of nitrogens with one attached hydrogen (secondary N) is 1. The third-order valence-corrected chi connectivity index (χ3v) is 5.44. The molecule has 1 amide bonds. The van der Waals surface area contributed by atoms with Crippen molar-refractivity contribution in [1.29, 1.82) is 0 Å². The number of anilines is 1. The number of nitrogen functional groups attached to an aromatic ring is 1. The lowest BCUT2D eigenvalue weighted by Crippen LogP contribution is -2.23. The van der Waals surface area contributed by atoms with Crippen LogP contribution in [0.3, 0.4) is 0 Å². The summed E-state index contributed by atoms with van der Waals surface area (Å²) in [6.45, 7) is 0.486. The number of rotatable bonds is 3. The second-order valence-corrected chi connectivity index (χ2v) is 7.13. The molecule has 0 aliphatic heterocycles. The van der Waals surface area contributed by atoms with E-state index in [4.69, 9.17) is 5.73 Å². The molecule has 0 bridgehead atoms. The minimum absolute atomic E-state index is 0.0292. The predicted molar refractivity (Wildman–Crippen MR) is 86.0 cm³/mol. The van der Waals surface area contributed by atoms with E-state index in [2.05, 4.69) is 27.3 Å². The van der Waals surface area contributed by atoms with E-state index < -0.39 is 5.82 Å². The number of carbonyl (C=O) groups is 1. The van der Waals surface area contributed by atoms with Gasteiger partial charge in [-0.05, 0) is 59.0 Å². The Morgan fingerprint density at radius 1 is 1.38 bits per heavy atom. The van der Waals surface area contributed by atoms with E-state index in [-0.39, 0.29) is 11.6 Å². The van der Waals surface area contributed by atoms with Crippen molar-refractivity contribution in [2.24, 2.45) is 0 Å². The fourth-order valence-corrected chi connectivity index (χ4v) is 4.18. The van der Waals surface area contributed by atoms with Gasteiger partial charge in [0.1, 0.15) is 5.82 Å². The van der Waals surface area contributed by atoms with Crippen LogP contribution in [0.15, 0.2) is 22.7 Å². The molecule has 1 aromatic heterocycles. The molecule has 1 aliphatic rings. The Bertz CT molecular complexity index is 692. The number of hydrogen-bond donors (Lipinski definition) is 2. The van der Waals surface area contributed by atoms with Gasteiger partial charge in [0.2, 0.25) is 0 Å². The van der Waals surface area contributed by atoms with Gasteiger partial charge < -0.3 is 11.1 Å². The number of amides is 1. The summed E-state index contributed by atoms with van der Waals surface area (Å²) in [6, 6.07) is 4.73. The van der Waals surface area contributed by atoms with Gasteiger partial charge in [-0.3, -0.25) is 4.79 Å². The van der Waals surface area contributed by atoms with Crippen molar-refractivity contribution in [3.8, 4) is 0 Å². The van der Waals surface area contributed by atoms with Crippen LogP contribution in [0.1, 0.15) is 32.1 Å². The summed E-state index contributed by atoms with van der Waals surface area (Å²) in [5, 5.41) is 2.85. The number of hydrogen-bond acceptors (Lipinski definition) is 3. The fraction of sp³-hybridized carbons (Fsp3) is 0.267. The molecule has 0 spiro atoms. The van der Waals surface area contributed by atoms with Crippen LogP contribution in [0.4, 0.5) is 10.1 Å². The maximum Gasteiger partial charge on any atom is 0.252 e. The van der Waals surface area contributed by atoms with Gasteiger partial charge >= 0.3 is 0 Å². The molecule has 0 radical (unpaired) electrons. The van der Waals surface area contributed by atoms with Crippen molar-refractivity contribution in [3.63, 3.8) is 0 Å². The van der Waals surface area contributed by atoms with Gasteiger partial charge in [0, 0.05) is 14.2 Å². The van der Waals surface area contributed by atoms with Crippen LogP contribution in [-0.2, 0) is 19.4 Å². The molecule has 2 aromatic rings. The molecule has 21 heavy (non-hydrogen) atoms. The number of halogens is 2. The van der Waals surface area contributed by atoms with Gasteiger partial charge in [-0.1, -0.05) is 0 Å². The van der Waals surface area contributed by atoms with E-state index in [0.29, 0.717) is 16.6 Å². The van der Waals surface area contributed by atoms with Gasteiger partial charge in [-0.15, -0.1) is 11.3 Å². The normalized spacial score (nSPS) is 13.2. The van der Waals surface area contributed by atoms with Gasteiger partial charge in [-0.25, -0.2) is 4.39 Å². The van der Waals surface area contributed by atoms with Crippen LogP contribution >= 0.6 is 27.3 Å². The van der Waals surface area contributed by atoms with Crippen molar-refractivity contribution in [2.75, 3.05) is 5.73 Å². The van der Waals surface area contributed by atoms with Crippen molar-refractivity contribution < 1.29 is 9.18 Å². The Balaban J connectivity index is 1.70. The van der Waals surface area contributed by atoms with Crippen molar-refractivity contribution in [2.45, 2.75) is 25.8 Å². The largest absolute Gasteiger partial charge is 0.396 e. The monoisotopic (exact) mass is 368 g/mol. The molecule has 1 aliphatic carbocycles. The van der Waals surface area contributed by atoms with Crippen LogP contribution in [0.5, 0.6) is 0 Å². The lowest BCUT2D eigenvalue weighted by Gasteiger charge is -2.07. The molecule has 6 heteroatoms. The molecule has 1 aromatic carbocycles. The first kappa shape index (κ1) is 14.5. The van der Waals surface area contributed by atoms with E-state index in [9.17, 15) is 9.18 Å².